The molecule has 0 spiro atoms. The van der Waals surface area contributed by atoms with Crippen molar-refractivity contribution in [2.24, 2.45) is 0 Å². The molecule has 1 amide bonds. The molecule has 0 bridgehead atoms. The summed E-state index contributed by atoms with van der Waals surface area (Å²) in [6.45, 7) is 7.34. The quantitative estimate of drug-likeness (QED) is 0.466. The Morgan fingerprint density at radius 2 is 1.88 bits per heavy atom. The van der Waals surface area contributed by atoms with E-state index in [1.165, 1.54) is 7.11 Å². The third-order valence-electron chi connectivity index (χ3n) is 4.86. The SMILES string of the molecule is COc1cc(-c2nc(-c3ccc(C)nc3)n3ccnc(N)c23)ccc1NC(=O)OC(C)(C)C. The summed E-state index contributed by atoms with van der Waals surface area (Å²) in [5, 5.41) is 2.72. The first-order valence-electron chi connectivity index (χ1n) is 10.4. The lowest BCUT2D eigenvalue weighted by Gasteiger charge is -2.20. The highest BCUT2D eigenvalue weighted by molar-refractivity contribution is 5.91. The van der Waals surface area contributed by atoms with Crippen LogP contribution in [0.15, 0.2) is 48.9 Å². The van der Waals surface area contributed by atoms with Crippen LogP contribution in [0.3, 0.4) is 0 Å². The number of imidazole rings is 1. The standard InChI is InChI=1S/C24H26N6O3/c1-14-6-7-16(13-27-14)22-29-19(20-21(25)26-10-11-30(20)22)15-8-9-17(18(12-15)32-5)28-23(31)33-24(2,3)4/h6-13H,1-5H3,(H2,25,26)(H,28,31). The zero-order valence-corrected chi connectivity index (χ0v) is 19.2. The van der Waals surface area contributed by atoms with Crippen LogP contribution < -0.4 is 15.8 Å². The van der Waals surface area contributed by atoms with E-state index in [0.717, 1.165) is 16.8 Å². The Bertz CT molecular complexity index is 1320. The number of hydrogen-bond donors (Lipinski definition) is 2. The molecule has 170 valence electrons. The summed E-state index contributed by atoms with van der Waals surface area (Å²) in [7, 11) is 1.53. The molecule has 0 saturated heterocycles. The van der Waals surface area contributed by atoms with Crippen molar-refractivity contribution in [3.8, 4) is 28.4 Å². The van der Waals surface area contributed by atoms with E-state index >= 15 is 0 Å². The van der Waals surface area contributed by atoms with Crippen molar-refractivity contribution in [3.63, 3.8) is 0 Å². The zero-order valence-electron chi connectivity index (χ0n) is 19.2. The second-order valence-electron chi connectivity index (χ2n) is 8.55. The number of pyridine rings is 1. The molecular weight excluding hydrogens is 420 g/mol. The molecule has 0 atom stereocenters. The fraction of sp³-hybridized carbons (Fsp3) is 0.250. The fourth-order valence-electron chi connectivity index (χ4n) is 3.42. The maximum Gasteiger partial charge on any atom is 0.412 e. The van der Waals surface area contributed by atoms with E-state index in [1.807, 2.05) is 35.7 Å². The first kappa shape index (κ1) is 22.1. The molecule has 3 N–H and O–H groups in total. The van der Waals surface area contributed by atoms with Crippen LogP contribution in [-0.2, 0) is 4.74 Å². The number of fused-ring (bicyclic) bond motifs is 1. The summed E-state index contributed by atoms with van der Waals surface area (Å²) < 4.78 is 12.8. The Labute approximate surface area is 191 Å². The molecule has 0 radical (unpaired) electrons. The van der Waals surface area contributed by atoms with Gasteiger partial charge in [-0.3, -0.25) is 14.7 Å². The first-order valence-corrected chi connectivity index (χ1v) is 10.4. The molecular formula is C24H26N6O3. The van der Waals surface area contributed by atoms with Crippen LogP contribution in [0.2, 0.25) is 0 Å². The molecule has 0 unspecified atom stereocenters. The minimum Gasteiger partial charge on any atom is -0.495 e. The van der Waals surface area contributed by atoms with E-state index < -0.39 is 11.7 Å². The summed E-state index contributed by atoms with van der Waals surface area (Å²) in [4.78, 5) is 25.7. The number of amides is 1. The third-order valence-corrected chi connectivity index (χ3v) is 4.86. The Kier molecular flexibility index (Phi) is 5.63. The normalized spacial score (nSPS) is 11.4. The van der Waals surface area contributed by atoms with Gasteiger partial charge in [-0.25, -0.2) is 14.8 Å². The van der Waals surface area contributed by atoms with Gasteiger partial charge in [-0.1, -0.05) is 6.07 Å². The molecule has 0 fully saturated rings. The van der Waals surface area contributed by atoms with Crippen molar-refractivity contribution in [1.82, 2.24) is 19.4 Å². The predicted molar refractivity (Wildman–Crippen MR) is 127 cm³/mol. The van der Waals surface area contributed by atoms with Crippen LogP contribution in [0.4, 0.5) is 16.3 Å². The van der Waals surface area contributed by atoms with E-state index in [4.69, 9.17) is 20.2 Å². The number of ether oxygens (including phenoxy) is 2. The number of anilines is 2. The summed E-state index contributed by atoms with van der Waals surface area (Å²) in [5.41, 5.74) is 9.94. The minimum absolute atomic E-state index is 0.348. The average molecular weight is 447 g/mol. The largest absolute Gasteiger partial charge is 0.495 e. The number of rotatable bonds is 4. The summed E-state index contributed by atoms with van der Waals surface area (Å²) in [6, 6.07) is 9.26. The molecule has 33 heavy (non-hydrogen) atoms. The molecule has 9 nitrogen and oxygen atoms in total. The third kappa shape index (κ3) is 4.57. The van der Waals surface area contributed by atoms with Gasteiger partial charge in [-0.2, -0.15) is 0 Å². The summed E-state index contributed by atoms with van der Waals surface area (Å²) in [6.07, 6.45) is 4.66. The number of nitrogen functional groups attached to an aromatic ring is 1. The van der Waals surface area contributed by atoms with Crippen LogP contribution >= 0.6 is 0 Å². The Morgan fingerprint density at radius 1 is 1.12 bits per heavy atom. The second kappa shape index (κ2) is 8.42. The number of nitrogens with one attached hydrogen (secondary N) is 1. The number of nitrogens with two attached hydrogens (primary N) is 1. The lowest BCUT2D eigenvalue weighted by Crippen LogP contribution is -2.27. The molecule has 4 rings (SSSR count). The number of benzene rings is 1. The average Bonchev–Trinajstić information content (AvgIpc) is 3.14. The maximum absolute atomic E-state index is 12.2. The highest BCUT2D eigenvalue weighted by atomic mass is 16.6. The maximum atomic E-state index is 12.2. The number of hydrogen-bond acceptors (Lipinski definition) is 7. The molecule has 9 heteroatoms. The topological polar surface area (TPSA) is 117 Å². The van der Waals surface area contributed by atoms with Crippen LogP contribution in [0.1, 0.15) is 26.5 Å². The molecule has 0 saturated carbocycles. The number of methoxy groups -OCH3 is 1. The lowest BCUT2D eigenvalue weighted by molar-refractivity contribution is 0.0635. The highest BCUT2D eigenvalue weighted by Gasteiger charge is 2.20. The summed E-state index contributed by atoms with van der Waals surface area (Å²) >= 11 is 0. The monoisotopic (exact) mass is 446 g/mol. The molecule has 0 aliphatic heterocycles. The Hall–Kier alpha value is -4.14. The van der Waals surface area contributed by atoms with E-state index in [2.05, 4.69) is 15.3 Å². The molecule has 3 aromatic heterocycles. The number of carbonyl (C=O) groups excluding carboxylic acids is 1. The molecule has 1 aromatic carbocycles. The molecule has 0 aliphatic carbocycles. The smallest absolute Gasteiger partial charge is 0.412 e. The molecule has 4 aromatic rings. The van der Waals surface area contributed by atoms with Gasteiger partial charge in [0.2, 0.25) is 0 Å². The number of nitrogens with zero attached hydrogens (tertiary/aromatic N) is 4. The van der Waals surface area contributed by atoms with Crippen molar-refractivity contribution >= 4 is 23.1 Å². The van der Waals surface area contributed by atoms with E-state index in [9.17, 15) is 4.79 Å². The Morgan fingerprint density at radius 3 is 2.55 bits per heavy atom. The number of carbonyl (C=O) groups is 1. The van der Waals surface area contributed by atoms with Gasteiger partial charge < -0.3 is 15.2 Å². The van der Waals surface area contributed by atoms with E-state index in [0.29, 0.717) is 34.3 Å². The van der Waals surface area contributed by atoms with Gasteiger partial charge in [0.1, 0.15) is 34.2 Å². The van der Waals surface area contributed by atoms with Gasteiger partial charge in [0.05, 0.1) is 12.8 Å². The lowest BCUT2D eigenvalue weighted by atomic mass is 10.1. The number of aromatic nitrogens is 4. The van der Waals surface area contributed by atoms with Crippen LogP contribution in [0, 0.1) is 6.92 Å². The molecule has 3 heterocycles. The zero-order chi connectivity index (χ0) is 23.8. The van der Waals surface area contributed by atoms with Crippen LogP contribution in [0.5, 0.6) is 5.75 Å². The van der Waals surface area contributed by atoms with Crippen LogP contribution in [0.25, 0.3) is 28.2 Å². The number of aryl methyl sites for hydroxylation is 1. The van der Waals surface area contributed by atoms with Gasteiger partial charge in [0.25, 0.3) is 0 Å². The van der Waals surface area contributed by atoms with Gasteiger partial charge in [0, 0.05) is 35.4 Å². The van der Waals surface area contributed by atoms with E-state index in [-0.39, 0.29) is 0 Å². The van der Waals surface area contributed by atoms with Crippen molar-refractivity contribution in [2.75, 3.05) is 18.2 Å². The van der Waals surface area contributed by atoms with Gasteiger partial charge in [0.15, 0.2) is 0 Å². The van der Waals surface area contributed by atoms with Crippen molar-refractivity contribution < 1.29 is 14.3 Å². The van der Waals surface area contributed by atoms with Crippen molar-refractivity contribution in [1.29, 1.82) is 0 Å². The second-order valence-corrected chi connectivity index (χ2v) is 8.55. The predicted octanol–water partition coefficient (Wildman–Crippen LogP) is 4.70. The first-order chi connectivity index (χ1) is 15.7. The molecule has 0 aliphatic rings. The van der Waals surface area contributed by atoms with Gasteiger partial charge in [-0.05, 0) is 52.0 Å². The van der Waals surface area contributed by atoms with Crippen molar-refractivity contribution in [3.05, 3.63) is 54.6 Å². The van der Waals surface area contributed by atoms with E-state index in [1.54, 1.807) is 45.3 Å². The van der Waals surface area contributed by atoms with Crippen molar-refractivity contribution in [2.45, 2.75) is 33.3 Å². The summed E-state index contributed by atoms with van der Waals surface area (Å²) in [5.74, 6) is 1.50. The minimum atomic E-state index is -0.613. The Balaban J connectivity index is 1.79. The van der Waals surface area contributed by atoms with Gasteiger partial charge >= 0.3 is 6.09 Å². The highest BCUT2D eigenvalue weighted by Crippen LogP contribution is 2.36. The van der Waals surface area contributed by atoms with Crippen LogP contribution in [-0.4, -0.2) is 38.2 Å². The van der Waals surface area contributed by atoms with Gasteiger partial charge in [-0.15, -0.1) is 0 Å². The fourth-order valence-corrected chi connectivity index (χ4v) is 3.42.